The first kappa shape index (κ1) is 63.5. The summed E-state index contributed by atoms with van der Waals surface area (Å²) in [5.74, 6) is 9.35. The maximum absolute atomic E-state index is 13.4. The highest BCUT2D eigenvalue weighted by Crippen LogP contribution is 2.35. The molecule has 0 amide bonds. The Bertz CT molecular complexity index is 3860. The molecule has 0 aliphatic rings. The molecule has 6 aromatic heterocycles. The lowest BCUT2D eigenvalue weighted by Gasteiger charge is -2.06. The first-order valence-corrected chi connectivity index (χ1v) is 27.1. The number of rotatable bonds is 10. The summed E-state index contributed by atoms with van der Waals surface area (Å²) in [5, 5.41) is 35.3. The third-order valence-electron chi connectivity index (χ3n) is 12.3. The van der Waals surface area contributed by atoms with Crippen LogP contribution in [0.5, 0.6) is 23.0 Å². The largest absolute Gasteiger partial charge is 0.496 e. The molecule has 86 heavy (non-hydrogen) atoms. The Labute approximate surface area is 504 Å². The second kappa shape index (κ2) is 30.4. The van der Waals surface area contributed by atoms with Crippen LogP contribution in [0, 0.1) is 67.0 Å². The van der Waals surface area contributed by atoms with Crippen LogP contribution in [0.4, 0.5) is 8.78 Å². The van der Waals surface area contributed by atoms with Gasteiger partial charge in [-0.25, -0.2) is 38.7 Å². The zero-order valence-corrected chi connectivity index (χ0v) is 50.7. The van der Waals surface area contributed by atoms with E-state index in [1.54, 1.807) is 65.5 Å². The average molecular weight is 1210 g/mol. The molecule has 0 bridgehead atoms. The summed E-state index contributed by atoms with van der Waals surface area (Å²) in [6.07, 6.45) is 1.81. The first-order valence-electron chi connectivity index (χ1n) is 26.3. The van der Waals surface area contributed by atoms with Gasteiger partial charge in [-0.05, 0) is 127 Å². The van der Waals surface area contributed by atoms with Crippen LogP contribution in [-0.2, 0) is 0 Å². The van der Waals surface area contributed by atoms with Gasteiger partial charge in [-0.1, -0.05) is 83.9 Å². The predicted molar refractivity (Wildman–Crippen MR) is 327 cm³/mol. The zero-order valence-electron chi connectivity index (χ0n) is 49.2. The quantitative estimate of drug-likeness (QED) is 0.0743. The van der Waals surface area contributed by atoms with Gasteiger partial charge in [0.25, 0.3) is 0 Å². The number of aromatic amines is 6. The van der Waals surface area contributed by atoms with Gasteiger partial charge in [0.1, 0.15) is 58.0 Å². The Balaban J connectivity index is 0.000000148. The standard InChI is InChI=1S/C11H12N2O.C10H10ClN3O.C10H10ClN3.C10H10FN3O.C10H10FN3.C10H11N3O/c1-8-12-7-10(13-8)9-5-3-4-6-11(9)14-2;1-6-12-10(14-13-6)7-4-3-5-8(11)9(7)15-2;1-6-8(4-3-5-9(6)11)10-12-7(2)13-14-10;1-6-12-10(14-13-6)7-4-3-5-8(11)9(7)15-2;1-6-8(4-3-5-9(6)11)10-12-7(2)13-14-10;1-7-11-10(13-12-7)8-5-3-4-6-9(8)14-2/h3-7H,1-2H3,(H,12,13);3-5H,1-2H3,(H,12,13,14);3-5H,1-2H3,(H,12,13,14);3-5H,1-2H3,(H,12,13,14);3-5H,1-2H3,(H,12,13,14);3-6H,1-2H3,(H,11,12,13). The van der Waals surface area contributed by atoms with Crippen LogP contribution in [0.15, 0.2) is 128 Å². The number of nitrogens with zero attached hydrogens (tertiary/aromatic N) is 11. The summed E-state index contributed by atoms with van der Waals surface area (Å²) in [5.41, 5.74) is 7.54. The number of hydrogen-bond acceptors (Lipinski definition) is 15. The number of ether oxygens (including phenoxy) is 4. The van der Waals surface area contributed by atoms with E-state index in [9.17, 15) is 8.78 Å². The van der Waals surface area contributed by atoms with Crippen molar-refractivity contribution >= 4 is 23.2 Å². The lowest BCUT2D eigenvalue weighted by atomic mass is 10.1. The number of benzene rings is 6. The average Bonchev–Trinajstić information content (AvgIpc) is 4.40. The van der Waals surface area contributed by atoms with Crippen molar-refractivity contribution in [1.29, 1.82) is 0 Å². The van der Waals surface area contributed by atoms with Crippen molar-refractivity contribution < 1.29 is 27.7 Å². The minimum atomic E-state index is -0.419. The SMILES string of the molecule is COc1c(Cl)cccc1-c1n[nH]c(C)n1.COc1c(F)cccc1-c1n[nH]c(C)n1.COc1ccccc1-c1cnc(C)[nH]1.COc1ccccc1-c1n[nH]c(C)n1.Cc1nc(-c2cccc(Cl)c2C)n[nH]1.Cc1nc(-c2cccc(F)c2C)n[nH]1. The summed E-state index contributed by atoms with van der Waals surface area (Å²) in [4.78, 5) is 28.3. The van der Waals surface area contributed by atoms with Crippen LogP contribution in [0.25, 0.3) is 68.2 Å². The molecule has 0 aliphatic heterocycles. The van der Waals surface area contributed by atoms with Crippen LogP contribution in [-0.4, -0.2) is 114 Å². The molecule has 0 saturated heterocycles. The fourth-order valence-corrected chi connectivity index (χ4v) is 8.48. The van der Waals surface area contributed by atoms with Gasteiger partial charge in [0, 0.05) is 21.7 Å². The van der Waals surface area contributed by atoms with Gasteiger partial charge in [0.2, 0.25) is 0 Å². The van der Waals surface area contributed by atoms with Crippen LogP contribution >= 0.6 is 23.2 Å². The number of H-pyrrole nitrogens is 6. The van der Waals surface area contributed by atoms with E-state index in [1.165, 1.54) is 19.2 Å². The third kappa shape index (κ3) is 16.6. The summed E-state index contributed by atoms with van der Waals surface area (Å²) in [6.45, 7) is 14.8. The molecule has 0 radical (unpaired) electrons. The zero-order chi connectivity index (χ0) is 61.9. The van der Waals surface area contributed by atoms with Crippen molar-refractivity contribution in [2.45, 2.75) is 55.4 Å². The van der Waals surface area contributed by atoms with Crippen LogP contribution in [0.2, 0.25) is 10.0 Å². The molecule has 6 N–H and O–H groups in total. The molecule has 0 saturated carbocycles. The van der Waals surface area contributed by atoms with Crippen LogP contribution < -0.4 is 18.9 Å². The molecule has 0 atom stereocenters. The van der Waals surface area contributed by atoms with E-state index in [-0.39, 0.29) is 11.6 Å². The van der Waals surface area contributed by atoms with E-state index in [4.69, 9.17) is 42.1 Å². The predicted octanol–water partition coefficient (Wildman–Crippen LogP) is 13.5. The van der Waals surface area contributed by atoms with Gasteiger partial charge in [0.05, 0.1) is 62.0 Å². The monoisotopic (exact) mass is 1210 g/mol. The molecule has 6 heterocycles. The van der Waals surface area contributed by atoms with E-state index in [0.29, 0.717) is 56.8 Å². The smallest absolute Gasteiger partial charge is 0.184 e. The highest BCUT2D eigenvalue weighted by Gasteiger charge is 2.16. The van der Waals surface area contributed by atoms with Crippen LogP contribution in [0.1, 0.15) is 46.1 Å². The number of para-hydroxylation sites is 4. The second-order valence-electron chi connectivity index (χ2n) is 18.5. The van der Waals surface area contributed by atoms with Crippen molar-refractivity contribution in [2.75, 3.05) is 28.4 Å². The normalized spacial score (nSPS) is 10.3. The number of hydrogen-bond donors (Lipinski definition) is 6. The fourth-order valence-electron chi connectivity index (χ4n) is 8.05. The maximum Gasteiger partial charge on any atom is 0.184 e. The Hall–Kier alpha value is -10.1. The molecule has 12 aromatic rings. The molecule has 21 nitrogen and oxygen atoms in total. The third-order valence-corrected chi connectivity index (χ3v) is 13.0. The van der Waals surface area contributed by atoms with Gasteiger partial charge >= 0.3 is 0 Å². The van der Waals surface area contributed by atoms with Crippen molar-refractivity contribution in [2.24, 2.45) is 0 Å². The number of nitrogens with one attached hydrogen (secondary N) is 6. The minimum Gasteiger partial charge on any atom is -0.496 e. The van der Waals surface area contributed by atoms with Crippen molar-refractivity contribution in [3.8, 4) is 91.2 Å². The molecule has 0 unspecified atom stereocenters. The number of imidazole rings is 1. The molecular formula is C61H63Cl2F2N17O4. The first-order chi connectivity index (χ1) is 41.4. The molecule has 12 rings (SSSR count). The Morgan fingerprint density at radius 1 is 0.349 bits per heavy atom. The number of methoxy groups -OCH3 is 4. The molecule has 0 spiro atoms. The summed E-state index contributed by atoms with van der Waals surface area (Å²) in [7, 11) is 6.30. The summed E-state index contributed by atoms with van der Waals surface area (Å²) in [6, 6.07) is 36.3. The van der Waals surface area contributed by atoms with E-state index in [2.05, 4.69) is 85.9 Å². The van der Waals surface area contributed by atoms with Crippen molar-refractivity contribution in [3.05, 3.63) is 195 Å². The Kier molecular flexibility index (Phi) is 22.5. The molecule has 0 aliphatic carbocycles. The van der Waals surface area contributed by atoms with Crippen LogP contribution in [0.3, 0.4) is 0 Å². The maximum atomic E-state index is 13.4. The number of halogens is 4. The Morgan fingerprint density at radius 3 is 1.14 bits per heavy atom. The summed E-state index contributed by atoms with van der Waals surface area (Å²) >= 11 is 12.0. The highest BCUT2D eigenvalue weighted by molar-refractivity contribution is 6.32. The van der Waals surface area contributed by atoms with Gasteiger partial charge in [-0.15, -0.1) is 0 Å². The molecule has 6 aromatic carbocycles. The lowest BCUT2D eigenvalue weighted by molar-refractivity contribution is 0.388. The minimum absolute atomic E-state index is 0.163. The molecular weight excluding hydrogens is 1140 g/mol. The summed E-state index contributed by atoms with van der Waals surface area (Å²) < 4.78 is 47.2. The molecule has 0 fully saturated rings. The van der Waals surface area contributed by atoms with E-state index >= 15 is 0 Å². The molecule has 25 heteroatoms. The van der Waals surface area contributed by atoms with E-state index < -0.39 is 5.82 Å². The Morgan fingerprint density at radius 2 is 0.709 bits per heavy atom. The van der Waals surface area contributed by atoms with Gasteiger partial charge in [-0.2, -0.15) is 25.5 Å². The van der Waals surface area contributed by atoms with Gasteiger partial charge in [0.15, 0.2) is 40.7 Å². The van der Waals surface area contributed by atoms with E-state index in [1.807, 2.05) is 127 Å². The van der Waals surface area contributed by atoms with Crippen molar-refractivity contribution in [1.82, 2.24) is 85.9 Å². The second-order valence-corrected chi connectivity index (χ2v) is 19.3. The number of aryl methyl sites for hydroxylation is 6. The van der Waals surface area contributed by atoms with Gasteiger partial charge in [-0.3, -0.25) is 25.5 Å². The van der Waals surface area contributed by atoms with Gasteiger partial charge < -0.3 is 23.9 Å². The van der Waals surface area contributed by atoms with Crippen molar-refractivity contribution in [3.63, 3.8) is 0 Å². The molecule has 444 valence electrons. The fraction of sp³-hybridized carbons (Fsp3) is 0.197. The van der Waals surface area contributed by atoms with E-state index in [0.717, 1.165) is 84.7 Å². The lowest BCUT2D eigenvalue weighted by Crippen LogP contribution is -1.92. The topological polar surface area (TPSA) is 273 Å². The highest BCUT2D eigenvalue weighted by atomic mass is 35.5. The number of aromatic nitrogens is 17.